The molecule has 0 bridgehead atoms. The number of carbonyl (C=O) groups is 1. The Morgan fingerprint density at radius 3 is 2.29 bits per heavy atom. The highest BCUT2D eigenvalue weighted by atomic mass is 16.4. The van der Waals surface area contributed by atoms with Gasteiger partial charge in [0, 0.05) is 18.9 Å². The highest BCUT2D eigenvalue weighted by Gasteiger charge is 2.05. The molecule has 0 spiro atoms. The Morgan fingerprint density at radius 2 is 1.75 bits per heavy atom. The van der Waals surface area contributed by atoms with Gasteiger partial charge in [-0.25, -0.2) is 9.78 Å². The molecule has 0 fully saturated rings. The molecule has 0 saturated carbocycles. The molecule has 1 aromatic heterocycles. The number of carboxylic acids is 1. The van der Waals surface area contributed by atoms with Gasteiger partial charge in [-0.05, 0) is 18.6 Å². The zero-order valence-electron chi connectivity index (χ0n) is 14.4. The Kier molecular flexibility index (Phi) is 10.0. The predicted molar refractivity (Wildman–Crippen MR) is 95.3 cm³/mol. The van der Waals surface area contributed by atoms with Crippen molar-refractivity contribution in [1.82, 2.24) is 9.55 Å². The number of carboxylic acid groups (broad SMARTS) is 1. The lowest BCUT2D eigenvalue weighted by Crippen LogP contribution is -1.95. The van der Waals surface area contributed by atoms with E-state index in [0.29, 0.717) is 0 Å². The lowest BCUT2D eigenvalue weighted by Gasteiger charge is -2.02. The molecule has 0 amide bonds. The average Bonchev–Trinajstić information content (AvgIpc) is 3.08. The van der Waals surface area contributed by atoms with Crippen molar-refractivity contribution >= 4 is 5.97 Å². The maximum Gasteiger partial charge on any atom is 0.339 e. The third kappa shape index (κ3) is 8.36. The average molecular weight is 332 g/mol. The van der Waals surface area contributed by atoms with Crippen LogP contribution >= 0.6 is 0 Å². The highest BCUT2D eigenvalue weighted by molar-refractivity contribution is 5.90. The minimum atomic E-state index is -1.11. The number of aromatic hydroxyl groups is 1. The van der Waals surface area contributed by atoms with E-state index >= 15 is 0 Å². The van der Waals surface area contributed by atoms with Crippen LogP contribution in [0.15, 0.2) is 43.0 Å². The summed E-state index contributed by atoms with van der Waals surface area (Å²) in [6.07, 6.45) is 15.4. The van der Waals surface area contributed by atoms with Crippen molar-refractivity contribution < 1.29 is 15.0 Å². The molecule has 0 saturated heterocycles. The van der Waals surface area contributed by atoms with Crippen molar-refractivity contribution in [3.8, 4) is 5.75 Å². The number of aryl methyl sites for hydroxylation is 1. The third-order valence-corrected chi connectivity index (χ3v) is 3.71. The van der Waals surface area contributed by atoms with Crippen LogP contribution in [0.3, 0.4) is 0 Å². The number of aromatic carboxylic acids is 1. The maximum atomic E-state index is 10.3. The van der Waals surface area contributed by atoms with Crippen molar-refractivity contribution in [2.24, 2.45) is 0 Å². The Hall–Kier alpha value is -2.30. The molecule has 2 N–H and O–H groups in total. The molecule has 132 valence electrons. The predicted octanol–water partition coefficient (Wildman–Crippen LogP) is 4.72. The second-order valence-corrected chi connectivity index (χ2v) is 5.74. The SMILES string of the molecule is CCCCCCCCCn1ccnc1.O=C(O)c1ccccc1O. The lowest BCUT2D eigenvalue weighted by atomic mass is 10.1. The molecule has 2 rings (SSSR count). The van der Waals surface area contributed by atoms with E-state index in [0.717, 1.165) is 6.54 Å². The van der Waals surface area contributed by atoms with Gasteiger partial charge in [0.2, 0.25) is 0 Å². The fourth-order valence-corrected chi connectivity index (χ4v) is 2.32. The molecule has 2 aromatic rings. The Bertz CT molecular complexity index is 568. The quantitative estimate of drug-likeness (QED) is 0.651. The summed E-state index contributed by atoms with van der Waals surface area (Å²) in [6, 6.07) is 5.81. The van der Waals surface area contributed by atoms with E-state index in [4.69, 9.17) is 10.2 Å². The summed E-state index contributed by atoms with van der Waals surface area (Å²) in [5.41, 5.74) is -0.0671. The van der Waals surface area contributed by atoms with E-state index in [9.17, 15) is 4.79 Å². The minimum Gasteiger partial charge on any atom is -0.507 e. The van der Waals surface area contributed by atoms with Gasteiger partial charge in [0.05, 0.1) is 6.33 Å². The van der Waals surface area contributed by atoms with E-state index in [2.05, 4.69) is 16.5 Å². The first-order chi connectivity index (χ1) is 11.6. The van der Waals surface area contributed by atoms with Crippen molar-refractivity contribution in [2.45, 2.75) is 58.4 Å². The van der Waals surface area contributed by atoms with Gasteiger partial charge < -0.3 is 14.8 Å². The first-order valence-electron chi connectivity index (χ1n) is 8.62. The summed E-state index contributed by atoms with van der Waals surface area (Å²) < 4.78 is 2.16. The molecule has 5 heteroatoms. The Balaban J connectivity index is 0.000000254. The lowest BCUT2D eigenvalue weighted by molar-refractivity contribution is 0.0693. The molecule has 0 aliphatic rings. The zero-order valence-corrected chi connectivity index (χ0v) is 14.4. The molecule has 5 nitrogen and oxygen atoms in total. The number of aromatic nitrogens is 2. The number of phenols is 1. The van der Waals surface area contributed by atoms with Crippen molar-refractivity contribution in [3.63, 3.8) is 0 Å². The molecular weight excluding hydrogens is 304 g/mol. The molecule has 0 unspecified atom stereocenters. The number of hydrogen-bond donors (Lipinski definition) is 2. The van der Waals surface area contributed by atoms with Gasteiger partial charge in [-0.2, -0.15) is 0 Å². The molecular formula is C19H28N2O3. The first kappa shape index (κ1) is 19.7. The fraction of sp³-hybridized carbons (Fsp3) is 0.474. The van der Waals surface area contributed by atoms with Crippen LogP contribution in [0.2, 0.25) is 0 Å². The van der Waals surface area contributed by atoms with Crippen LogP contribution in [0, 0.1) is 0 Å². The van der Waals surface area contributed by atoms with Gasteiger partial charge >= 0.3 is 5.97 Å². The van der Waals surface area contributed by atoms with Gasteiger partial charge in [0.25, 0.3) is 0 Å². The topological polar surface area (TPSA) is 75.4 Å². The van der Waals surface area contributed by atoms with Crippen LogP contribution in [0.5, 0.6) is 5.75 Å². The second-order valence-electron chi connectivity index (χ2n) is 5.74. The Morgan fingerprint density at radius 1 is 1.08 bits per heavy atom. The monoisotopic (exact) mass is 332 g/mol. The zero-order chi connectivity index (χ0) is 17.6. The van der Waals surface area contributed by atoms with E-state index in [1.807, 2.05) is 18.7 Å². The summed E-state index contributed by atoms with van der Waals surface area (Å²) in [5.74, 6) is -1.31. The van der Waals surface area contributed by atoms with Crippen LogP contribution in [0.25, 0.3) is 0 Å². The third-order valence-electron chi connectivity index (χ3n) is 3.71. The fourth-order valence-electron chi connectivity index (χ4n) is 2.32. The van der Waals surface area contributed by atoms with Crippen LogP contribution in [0.4, 0.5) is 0 Å². The molecule has 24 heavy (non-hydrogen) atoms. The maximum absolute atomic E-state index is 10.3. The van der Waals surface area contributed by atoms with Crippen LogP contribution in [-0.4, -0.2) is 25.7 Å². The first-order valence-corrected chi connectivity index (χ1v) is 8.62. The van der Waals surface area contributed by atoms with Crippen LogP contribution in [-0.2, 0) is 6.54 Å². The standard InChI is InChI=1S/C12H22N2.C7H6O3/c1-2-3-4-5-6-7-8-10-14-11-9-13-12-14;8-6-4-2-1-3-5(6)7(9)10/h9,11-12H,2-8,10H2,1H3;1-4,8H,(H,9,10). The van der Waals surface area contributed by atoms with Gasteiger partial charge in [-0.3, -0.25) is 0 Å². The Labute approximate surface area is 144 Å². The molecule has 0 aliphatic heterocycles. The largest absolute Gasteiger partial charge is 0.507 e. The van der Waals surface area contributed by atoms with Gasteiger partial charge in [0.1, 0.15) is 11.3 Å². The minimum absolute atomic E-state index is 0.0671. The highest BCUT2D eigenvalue weighted by Crippen LogP contribution is 2.14. The number of rotatable bonds is 9. The molecule has 1 aromatic carbocycles. The number of imidazole rings is 1. The number of para-hydroxylation sites is 1. The van der Waals surface area contributed by atoms with Crippen LogP contribution in [0.1, 0.15) is 62.2 Å². The smallest absolute Gasteiger partial charge is 0.339 e. The summed E-state index contributed by atoms with van der Waals surface area (Å²) in [7, 11) is 0. The summed E-state index contributed by atoms with van der Waals surface area (Å²) >= 11 is 0. The van der Waals surface area contributed by atoms with Crippen LogP contribution < -0.4 is 0 Å². The van der Waals surface area contributed by atoms with E-state index in [1.54, 1.807) is 12.1 Å². The van der Waals surface area contributed by atoms with E-state index in [-0.39, 0.29) is 11.3 Å². The summed E-state index contributed by atoms with van der Waals surface area (Å²) in [4.78, 5) is 14.3. The molecule has 0 aliphatic carbocycles. The molecule has 1 heterocycles. The number of hydrogen-bond acceptors (Lipinski definition) is 3. The van der Waals surface area contributed by atoms with Gasteiger partial charge in [0.15, 0.2) is 0 Å². The summed E-state index contributed by atoms with van der Waals surface area (Å²) in [6.45, 7) is 3.40. The number of nitrogens with zero attached hydrogens (tertiary/aromatic N) is 2. The normalized spacial score (nSPS) is 10.0. The van der Waals surface area contributed by atoms with Crippen molar-refractivity contribution in [3.05, 3.63) is 48.5 Å². The van der Waals surface area contributed by atoms with Crippen molar-refractivity contribution in [2.75, 3.05) is 0 Å². The summed E-state index contributed by atoms with van der Waals surface area (Å²) in [5, 5.41) is 17.3. The van der Waals surface area contributed by atoms with E-state index < -0.39 is 5.97 Å². The number of benzene rings is 1. The molecule has 0 radical (unpaired) electrons. The van der Waals surface area contributed by atoms with Crippen molar-refractivity contribution in [1.29, 1.82) is 0 Å². The van der Waals surface area contributed by atoms with Gasteiger partial charge in [-0.1, -0.05) is 57.6 Å². The van der Waals surface area contributed by atoms with E-state index in [1.165, 1.54) is 57.1 Å². The van der Waals surface area contributed by atoms with Gasteiger partial charge in [-0.15, -0.1) is 0 Å². The number of unbranched alkanes of at least 4 members (excludes halogenated alkanes) is 6. The second kappa shape index (κ2) is 12.2. The molecule has 0 atom stereocenters.